The summed E-state index contributed by atoms with van der Waals surface area (Å²) in [6.07, 6.45) is 10.5. The lowest BCUT2D eigenvalue weighted by Crippen LogP contribution is -2.49. The third kappa shape index (κ3) is 3.41. The van der Waals surface area contributed by atoms with Crippen LogP contribution in [-0.2, 0) is 14.3 Å². The van der Waals surface area contributed by atoms with E-state index in [2.05, 4.69) is 34.6 Å². The van der Waals surface area contributed by atoms with Crippen molar-refractivity contribution in [3.8, 4) is 0 Å². The highest BCUT2D eigenvalue weighted by Crippen LogP contribution is 2.64. The van der Waals surface area contributed by atoms with Gasteiger partial charge in [0, 0.05) is 24.2 Å². The van der Waals surface area contributed by atoms with E-state index < -0.39 is 0 Å². The van der Waals surface area contributed by atoms with Crippen LogP contribution in [0.25, 0.3) is 0 Å². The summed E-state index contributed by atoms with van der Waals surface area (Å²) in [6.45, 7) is 11.8. The largest absolute Gasteiger partial charge is 0.431 e. The number of fused-ring (bicyclic) bond motifs is 4. The van der Waals surface area contributed by atoms with Crippen molar-refractivity contribution in [2.24, 2.45) is 40.4 Å². The molecule has 1 aliphatic heterocycles. The monoisotopic (exact) mass is 400 g/mol. The quantitative estimate of drug-likeness (QED) is 0.497. The maximum atomic E-state index is 12.9. The molecule has 162 valence electrons. The van der Waals surface area contributed by atoms with Crippen LogP contribution < -0.4 is 0 Å². The van der Waals surface area contributed by atoms with E-state index in [0.717, 1.165) is 42.8 Å². The van der Waals surface area contributed by atoms with E-state index in [0.29, 0.717) is 18.8 Å². The second-order valence-corrected chi connectivity index (χ2v) is 11.5. The molecule has 4 aliphatic rings. The maximum absolute atomic E-state index is 12.9. The minimum atomic E-state index is -0.251. The molecule has 0 spiro atoms. The summed E-state index contributed by atoms with van der Waals surface area (Å²) in [5, 5.41) is 0. The number of hydrogen-bond donors (Lipinski definition) is 0. The lowest BCUT2D eigenvalue weighted by atomic mass is 9.55. The Labute approximate surface area is 177 Å². The molecule has 0 aromatic heterocycles. The molecule has 3 heteroatoms. The van der Waals surface area contributed by atoms with Crippen LogP contribution in [-0.4, -0.2) is 11.8 Å². The first-order valence-corrected chi connectivity index (χ1v) is 12.1. The Balaban J connectivity index is 1.57. The topological polar surface area (TPSA) is 43.4 Å². The van der Waals surface area contributed by atoms with Crippen LogP contribution in [0.4, 0.5) is 0 Å². The van der Waals surface area contributed by atoms with Crippen LogP contribution in [0.3, 0.4) is 0 Å². The Bertz CT molecular complexity index is 719. The molecule has 0 aromatic rings. The zero-order valence-electron chi connectivity index (χ0n) is 19.2. The predicted octanol–water partition coefficient (Wildman–Crippen LogP) is 6.46. The molecule has 0 bridgehead atoms. The van der Waals surface area contributed by atoms with Crippen LogP contribution in [0.2, 0.25) is 0 Å². The van der Waals surface area contributed by atoms with Gasteiger partial charge in [-0.2, -0.15) is 0 Å². The summed E-state index contributed by atoms with van der Waals surface area (Å²) in [5.41, 5.74) is 1.50. The number of allylic oxidation sites excluding steroid dienone is 2. The number of Topliss-reactive ketones (excluding diaryl/α,β-unsaturated/α-hetero) is 1. The molecule has 0 saturated heterocycles. The van der Waals surface area contributed by atoms with Gasteiger partial charge in [0.05, 0.1) is 5.92 Å². The van der Waals surface area contributed by atoms with Crippen LogP contribution in [0.1, 0.15) is 98.8 Å². The number of ketones is 1. The fourth-order valence-electron chi connectivity index (χ4n) is 7.48. The van der Waals surface area contributed by atoms with Crippen LogP contribution in [0.5, 0.6) is 0 Å². The number of carbonyl (C=O) groups excluding carboxylic acids is 2. The van der Waals surface area contributed by atoms with Gasteiger partial charge in [-0.1, -0.05) is 53.9 Å². The third-order valence-electron chi connectivity index (χ3n) is 9.37. The van der Waals surface area contributed by atoms with Gasteiger partial charge in [-0.25, -0.2) is 0 Å². The molecule has 4 rings (SSSR count). The van der Waals surface area contributed by atoms with E-state index in [-0.39, 0.29) is 28.5 Å². The van der Waals surface area contributed by atoms with Gasteiger partial charge in [-0.3, -0.25) is 9.59 Å². The van der Waals surface area contributed by atoms with Crippen molar-refractivity contribution in [1.82, 2.24) is 0 Å². The standard InChI is InChI=1S/C26H40O3/c1-16(2)7-6-8-17(3)19-9-10-20-23-21(12-14-25(19,20)4)26(5)13-11-18(27)15-22(26)24(28)29-23/h16-17,19-20,22H,6-15H2,1-5H3/t17-,19-,20+,22-,25-,26-/m1/s1. The highest BCUT2D eigenvalue weighted by Gasteiger charge is 2.59. The van der Waals surface area contributed by atoms with Gasteiger partial charge in [0.15, 0.2) is 0 Å². The smallest absolute Gasteiger partial charge is 0.315 e. The Kier molecular flexibility index (Phi) is 5.49. The third-order valence-corrected chi connectivity index (χ3v) is 9.37. The minimum Gasteiger partial charge on any atom is -0.431 e. The van der Waals surface area contributed by atoms with Gasteiger partial charge >= 0.3 is 5.97 Å². The molecule has 3 nitrogen and oxygen atoms in total. The first kappa shape index (κ1) is 21.1. The molecule has 0 aromatic carbocycles. The first-order chi connectivity index (χ1) is 13.7. The Morgan fingerprint density at radius 1 is 1.00 bits per heavy atom. The van der Waals surface area contributed by atoms with Gasteiger partial charge in [0.25, 0.3) is 0 Å². The van der Waals surface area contributed by atoms with Crippen molar-refractivity contribution >= 4 is 11.8 Å². The van der Waals surface area contributed by atoms with Gasteiger partial charge in [0.1, 0.15) is 11.5 Å². The molecule has 0 amide bonds. The Morgan fingerprint density at radius 2 is 1.76 bits per heavy atom. The van der Waals surface area contributed by atoms with Crippen LogP contribution in [0.15, 0.2) is 11.3 Å². The van der Waals surface area contributed by atoms with Crippen molar-refractivity contribution in [1.29, 1.82) is 0 Å². The van der Waals surface area contributed by atoms with E-state index in [4.69, 9.17) is 4.74 Å². The Hall–Kier alpha value is -1.12. The number of carbonyl (C=O) groups is 2. The van der Waals surface area contributed by atoms with Gasteiger partial charge < -0.3 is 4.74 Å². The molecule has 2 fully saturated rings. The molecule has 29 heavy (non-hydrogen) atoms. The second kappa shape index (κ2) is 7.54. The zero-order chi connectivity index (χ0) is 21.0. The molecule has 1 heterocycles. The molecule has 0 N–H and O–H groups in total. The first-order valence-electron chi connectivity index (χ1n) is 12.1. The Morgan fingerprint density at radius 3 is 2.48 bits per heavy atom. The summed E-state index contributed by atoms with van der Waals surface area (Å²) >= 11 is 0. The van der Waals surface area contributed by atoms with E-state index in [1.54, 1.807) is 0 Å². The number of rotatable bonds is 5. The molecular formula is C26H40O3. The summed E-state index contributed by atoms with van der Waals surface area (Å²) < 4.78 is 6.08. The van der Waals surface area contributed by atoms with E-state index >= 15 is 0 Å². The molecule has 6 atom stereocenters. The fraction of sp³-hybridized carbons (Fsp3) is 0.846. The van der Waals surface area contributed by atoms with E-state index in [1.807, 2.05) is 0 Å². The van der Waals surface area contributed by atoms with Gasteiger partial charge in [-0.05, 0) is 60.8 Å². The zero-order valence-corrected chi connectivity index (χ0v) is 19.2. The van der Waals surface area contributed by atoms with E-state index in [1.165, 1.54) is 37.7 Å². The highest BCUT2D eigenvalue weighted by atomic mass is 16.5. The normalized spacial score (nSPS) is 40.4. The summed E-state index contributed by atoms with van der Waals surface area (Å²) in [7, 11) is 0. The second-order valence-electron chi connectivity index (χ2n) is 11.5. The lowest BCUT2D eigenvalue weighted by Gasteiger charge is -2.52. The molecule has 2 saturated carbocycles. The van der Waals surface area contributed by atoms with Gasteiger partial charge in [-0.15, -0.1) is 0 Å². The predicted molar refractivity (Wildman–Crippen MR) is 115 cm³/mol. The van der Waals surface area contributed by atoms with Crippen molar-refractivity contribution in [3.63, 3.8) is 0 Å². The average molecular weight is 401 g/mol. The summed E-state index contributed by atoms with van der Waals surface area (Å²) in [6, 6.07) is 0. The molecule has 0 unspecified atom stereocenters. The molecular weight excluding hydrogens is 360 g/mol. The van der Waals surface area contributed by atoms with Gasteiger partial charge in [0.2, 0.25) is 0 Å². The van der Waals surface area contributed by atoms with E-state index in [9.17, 15) is 9.59 Å². The maximum Gasteiger partial charge on any atom is 0.315 e. The minimum absolute atomic E-state index is 0.128. The van der Waals surface area contributed by atoms with Crippen molar-refractivity contribution in [2.45, 2.75) is 98.8 Å². The molecule has 0 radical (unpaired) electrons. The number of esters is 1. The van der Waals surface area contributed by atoms with Crippen LogP contribution in [0, 0.1) is 40.4 Å². The average Bonchev–Trinajstić information content (AvgIpc) is 3.00. The SMILES string of the molecule is CC(C)CCC[C@@H](C)[C@H]1CC[C@H]2C3=C(CC[C@]12C)[C@@]1(C)CCC(=O)C[C@@H]1C(=O)O3. The van der Waals surface area contributed by atoms with Crippen molar-refractivity contribution < 1.29 is 14.3 Å². The number of ether oxygens (including phenoxy) is 1. The fourth-order valence-corrected chi connectivity index (χ4v) is 7.48. The van der Waals surface area contributed by atoms with Crippen molar-refractivity contribution in [2.75, 3.05) is 0 Å². The highest BCUT2D eigenvalue weighted by molar-refractivity contribution is 5.88. The van der Waals surface area contributed by atoms with Crippen molar-refractivity contribution in [3.05, 3.63) is 11.3 Å². The summed E-state index contributed by atoms with van der Waals surface area (Å²) in [5.74, 6) is 3.53. The lowest BCUT2D eigenvalue weighted by molar-refractivity contribution is -0.159. The molecule has 3 aliphatic carbocycles. The summed E-state index contributed by atoms with van der Waals surface area (Å²) in [4.78, 5) is 25.0. The number of hydrogen-bond acceptors (Lipinski definition) is 3. The van der Waals surface area contributed by atoms with Crippen LogP contribution >= 0.6 is 0 Å².